The summed E-state index contributed by atoms with van der Waals surface area (Å²) in [4.78, 5) is 31.7. The number of pyridine rings is 1. The zero-order valence-electron chi connectivity index (χ0n) is 17.3. The number of hydrogen-bond acceptors (Lipinski definition) is 5. The first-order chi connectivity index (χ1) is 14.6. The number of carbonyl (C=O) groups excluding carboxylic acids is 2. The zero-order chi connectivity index (χ0) is 20.9. The van der Waals surface area contributed by atoms with Crippen molar-refractivity contribution in [2.75, 3.05) is 18.4 Å². The molecule has 2 aromatic rings. The van der Waals surface area contributed by atoms with Gasteiger partial charge in [0.25, 0.3) is 0 Å². The Morgan fingerprint density at radius 2 is 1.90 bits per heavy atom. The molecule has 3 unspecified atom stereocenters. The highest BCUT2D eigenvalue weighted by Crippen LogP contribution is 2.25. The molecule has 2 fully saturated rings. The van der Waals surface area contributed by atoms with Gasteiger partial charge in [0.05, 0.1) is 5.92 Å². The molecule has 30 heavy (non-hydrogen) atoms. The lowest BCUT2D eigenvalue weighted by Crippen LogP contribution is -2.50. The maximum atomic E-state index is 13.1. The highest BCUT2D eigenvalue weighted by molar-refractivity contribution is 5.93. The van der Waals surface area contributed by atoms with E-state index in [0.717, 1.165) is 30.5 Å². The van der Waals surface area contributed by atoms with E-state index in [-0.39, 0.29) is 29.8 Å². The molecule has 3 N–H and O–H groups in total. The van der Waals surface area contributed by atoms with Crippen LogP contribution in [0.2, 0.25) is 0 Å². The first kappa shape index (κ1) is 20.5. The highest BCUT2D eigenvalue weighted by Gasteiger charge is 2.36. The van der Waals surface area contributed by atoms with Gasteiger partial charge in [-0.1, -0.05) is 19.1 Å². The van der Waals surface area contributed by atoms with Gasteiger partial charge in [-0.3, -0.25) is 14.6 Å². The number of hydrogen-bond donors (Lipinski definition) is 3. The van der Waals surface area contributed by atoms with Crippen LogP contribution in [-0.4, -0.2) is 40.8 Å². The maximum Gasteiger partial charge on any atom is 0.241 e. The van der Waals surface area contributed by atoms with Crippen LogP contribution in [0.25, 0.3) is 0 Å². The minimum absolute atomic E-state index is 0.0103. The fourth-order valence-corrected chi connectivity index (χ4v) is 4.21. The molecule has 2 aliphatic rings. The van der Waals surface area contributed by atoms with Gasteiger partial charge in [-0.25, -0.2) is 10.9 Å². The van der Waals surface area contributed by atoms with Gasteiger partial charge in [0, 0.05) is 37.2 Å². The Hall–Kier alpha value is -2.77. The molecule has 3 heterocycles. The molecular formula is C23H29N5O2. The number of benzene rings is 1. The summed E-state index contributed by atoms with van der Waals surface area (Å²) < 4.78 is 0. The molecule has 0 spiro atoms. The molecule has 1 aromatic heterocycles. The van der Waals surface area contributed by atoms with E-state index < -0.39 is 0 Å². The number of piperidine rings is 1. The van der Waals surface area contributed by atoms with E-state index in [2.05, 4.69) is 28.1 Å². The number of nitrogens with one attached hydrogen (secondary N) is 3. The second-order valence-corrected chi connectivity index (χ2v) is 8.07. The molecule has 2 amide bonds. The van der Waals surface area contributed by atoms with E-state index in [4.69, 9.17) is 0 Å². The minimum Gasteiger partial charge on any atom is -0.341 e. The molecular weight excluding hydrogens is 378 g/mol. The molecule has 0 bridgehead atoms. The summed E-state index contributed by atoms with van der Waals surface area (Å²) in [6.07, 6.45) is 6.82. The molecule has 2 saturated heterocycles. The molecule has 0 saturated carbocycles. The summed E-state index contributed by atoms with van der Waals surface area (Å²) in [7, 11) is 0. The van der Waals surface area contributed by atoms with Gasteiger partial charge in [-0.15, -0.1) is 0 Å². The van der Waals surface area contributed by atoms with Crippen molar-refractivity contribution in [3.8, 4) is 0 Å². The number of rotatable bonds is 5. The standard InChI is InChI=1S/C23H29N5O2/c1-2-16-5-7-19(8-6-16)25-22(29)18-4-3-13-28(15-18)23(30)21-14-20(26-27-21)17-9-11-24-12-10-17/h5-12,18,20-21,26-27H,2-4,13-15H2,1H3,(H,25,29). The van der Waals surface area contributed by atoms with Gasteiger partial charge in [0.2, 0.25) is 11.8 Å². The normalized spacial score (nSPS) is 23.9. The van der Waals surface area contributed by atoms with Crippen molar-refractivity contribution in [1.29, 1.82) is 0 Å². The number of likely N-dealkylation sites (tertiary alicyclic amines) is 1. The van der Waals surface area contributed by atoms with Gasteiger partial charge in [0.1, 0.15) is 6.04 Å². The lowest BCUT2D eigenvalue weighted by atomic mass is 9.95. The van der Waals surface area contributed by atoms with E-state index >= 15 is 0 Å². The van der Waals surface area contributed by atoms with Crippen molar-refractivity contribution in [3.63, 3.8) is 0 Å². The van der Waals surface area contributed by atoms with Gasteiger partial charge in [-0.05, 0) is 61.1 Å². The molecule has 4 rings (SSSR count). The Morgan fingerprint density at radius 3 is 2.63 bits per heavy atom. The molecule has 1 aromatic carbocycles. The highest BCUT2D eigenvalue weighted by atomic mass is 16.2. The molecule has 7 heteroatoms. The van der Waals surface area contributed by atoms with E-state index in [0.29, 0.717) is 19.5 Å². The van der Waals surface area contributed by atoms with Crippen LogP contribution in [-0.2, 0) is 16.0 Å². The summed E-state index contributed by atoms with van der Waals surface area (Å²) >= 11 is 0. The van der Waals surface area contributed by atoms with Crippen molar-refractivity contribution in [2.45, 2.75) is 44.7 Å². The van der Waals surface area contributed by atoms with Gasteiger partial charge in [-0.2, -0.15) is 0 Å². The maximum absolute atomic E-state index is 13.1. The molecule has 158 valence electrons. The predicted molar refractivity (Wildman–Crippen MR) is 115 cm³/mol. The van der Waals surface area contributed by atoms with Crippen LogP contribution >= 0.6 is 0 Å². The second kappa shape index (κ2) is 9.36. The summed E-state index contributed by atoms with van der Waals surface area (Å²) in [6, 6.07) is 11.7. The third-order valence-corrected chi connectivity index (χ3v) is 6.04. The summed E-state index contributed by atoms with van der Waals surface area (Å²) in [5.74, 6) is -0.133. The minimum atomic E-state index is -0.286. The molecule has 0 aliphatic carbocycles. The third kappa shape index (κ3) is 4.68. The Labute approximate surface area is 177 Å². The van der Waals surface area contributed by atoms with E-state index in [1.54, 1.807) is 12.4 Å². The van der Waals surface area contributed by atoms with Crippen LogP contribution in [0.1, 0.15) is 43.4 Å². The van der Waals surface area contributed by atoms with Crippen LogP contribution < -0.4 is 16.2 Å². The number of aryl methyl sites for hydroxylation is 1. The van der Waals surface area contributed by atoms with Crippen molar-refractivity contribution in [3.05, 3.63) is 59.9 Å². The zero-order valence-corrected chi connectivity index (χ0v) is 17.3. The number of carbonyl (C=O) groups is 2. The number of anilines is 1. The second-order valence-electron chi connectivity index (χ2n) is 8.07. The lowest BCUT2D eigenvalue weighted by molar-refractivity contribution is -0.136. The molecule has 0 radical (unpaired) electrons. The van der Waals surface area contributed by atoms with Crippen LogP contribution in [0.3, 0.4) is 0 Å². The SMILES string of the molecule is CCc1ccc(NC(=O)C2CCCN(C(=O)C3CC(c4ccncc4)NN3)C2)cc1. The van der Waals surface area contributed by atoms with Crippen molar-refractivity contribution in [2.24, 2.45) is 5.92 Å². The first-order valence-corrected chi connectivity index (χ1v) is 10.7. The summed E-state index contributed by atoms with van der Waals surface area (Å²) in [5, 5.41) is 3.01. The van der Waals surface area contributed by atoms with E-state index in [1.807, 2.05) is 41.3 Å². The van der Waals surface area contributed by atoms with Crippen LogP contribution in [0.15, 0.2) is 48.8 Å². The number of nitrogens with zero attached hydrogens (tertiary/aromatic N) is 2. The topological polar surface area (TPSA) is 86.4 Å². The average Bonchev–Trinajstić information content (AvgIpc) is 3.30. The Kier molecular flexibility index (Phi) is 6.40. The Bertz CT molecular complexity index is 871. The number of amides is 2. The van der Waals surface area contributed by atoms with Crippen LogP contribution in [0.4, 0.5) is 5.69 Å². The largest absolute Gasteiger partial charge is 0.341 e. The van der Waals surface area contributed by atoms with Crippen LogP contribution in [0.5, 0.6) is 0 Å². The number of hydrazine groups is 1. The third-order valence-electron chi connectivity index (χ3n) is 6.04. The monoisotopic (exact) mass is 407 g/mol. The molecule has 2 aliphatic heterocycles. The summed E-state index contributed by atoms with van der Waals surface area (Å²) in [5.41, 5.74) is 9.51. The lowest BCUT2D eigenvalue weighted by Gasteiger charge is -2.33. The quantitative estimate of drug-likeness (QED) is 0.709. The smallest absolute Gasteiger partial charge is 0.241 e. The van der Waals surface area contributed by atoms with Gasteiger partial charge >= 0.3 is 0 Å². The van der Waals surface area contributed by atoms with Gasteiger partial charge in [0.15, 0.2) is 0 Å². The van der Waals surface area contributed by atoms with E-state index in [9.17, 15) is 9.59 Å². The van der Waals surface area contributed by atoms with Gasteiger partial charge < -0.3 is 10.2 Å². The van der Waals surface area contributed by atoms with Crippen molar-refractivity contribution in [1.82, 2.24) is 20.7 Å². The van der Waals surface area contributed by atoms with E-state index in [1.165, 1.54) is 5.56 Å². The average molecular weight is 408 g/mol. The van der Waals surface area contributed by atoms with Crippen molar-refractivity contribution >= 4 is 17.5 Å². The molecule has 3 atom stereocenters. The van der Waals surface area contributed by atoms with Crippen molar-refractivity contribution < 1.29 is 9.59 Å². The first-order valence-electron chi connectivity index (χ1n) is 10.7. The fraction of sp³-hybridized carbons (Fsp3) is 0.435. The Morgan fingerprint density at radius 1 is 1.13 bits per heavy atom. The number of aromatic nitrogens is 1. The van der Waals surface area contributed by atoms with Crippen LogP contribution in [0, 0.1) is 5.92 Å². The summed E-state index contributed by atoms with van der Waals surface area (Å²) in [6.45, 7) is 3.27. The Balaban J connectivity index is 1.33. The predicted octanol–water partition coefficient (Wildman–Crippen LogP) is 2.43. The molecule has 7 nitrogen and oxygen atoms in total. The fourth-order valence-electron chi connectivity index (χ4n) is 4.21.